The van der Waals surface area contributed by atoms with Crippen molar-refractivity contribution < 1.29 is 4.39 Å². The van der Waals surface area contributed by atoms with E-state index in [1.165, 1.54) is 0 Å². The minimum atomic E-state index is -1.59. The highest BCUT2D eigenvalue weighted by atomic mass is 35.5. The van der Waals surface area contributed by atoms with E-state index in [0.29, 0.717) is 12.2 Å². The van der Waals surface area contributed by atoms with Crippen LogP contribution >= 0.6 is 11.6 Å². The highest BCUT2D eigenvalue weighted by Crippen LogP contribution is 2.56. The summed E-state index contributed by atoms with van der Waals surface area (Å²) in [6.45, 7) is 0. The number of alkyl halides is 2. The summed E-state index contributed by atoms with van der Waals surface area (Å²) in [7, 11) is 0. The molecule has 0 amide bonds. The fourth-order valence-corrected chi connectivity index (χ4v) is 2.13. The van der Waals surface area contributed by atoms with Gasteiger partial charge in [-0.1, -0.05) is 11.6 Å². The molecule has 2 aromatic heterocycles. The third-order valence-corrected chi connectivity index (χ3v) is 3.37. The van der Waals surface area contributed by atoms with E-state index in [9.17, 15) is 4.39 Å². The lowest BCUT2D eigenvalue weighted by Crippen LogP contribution is -1.94. The Labute approximate surface area is 103 Å². The molecule has 1 fully saturated rings. The summed E-state index contributed by atoms with van der Waals surface area (Å²) in [5.74, 6) is 0.363. The van der Waals surface area contributed by atoms with Gasteiger partial charge in [0.25, 0.3) is 0 Å². The van der Waals surface area contributed by atoms with Crippen LogP contribution in [0, 0.1) is 0 Å². The molecule has 0 saturated heterocycles. The summed E-state index contributed by atoms with van der Waals surface area (Å²) in [6, 6.07) is 3.89. The number of nitrogens with zero attached hydrogens (tertiary/aromatic N) is 2. The summed E-state index contributed by atoms with van der Waals surface area (Å²) in [5, 5.41) is -1.59. The van der Waals surface area contributed by atoms with Crippen molar-refractivity contribution in [3.63, 3.8) is 0 Å². The Morgan fingerprint density at radius 1 is 1.47 bits per heavy atom. The van der Waals surface area contributed by atoms with E-state index in [1.807, 2.05) is 12.1 Å². The number of pyridine rings is 1. The van der Waals surface area contributed by atoms with Crippen molar-refractivity contribution in [1.82, 2.24) is 15.0 Å². The highest BCUT2D eigenvalue weighted by Gasteiger charge is 2.56. The fraction of sp³-hybridized carbons (Fsp3) is 0.333. The van der Waals surface area contributed by atoms with Gasteiger partial charge < -0.3 is 4.98 Å². The molecule has 0 unspecified atom stereocenters. The van der Waals surface area contributed by atoms with E-state index in [2.05, 4.69) is 15.0 Å². The topological polar surface area (TPSA) is 41.6 Å². The van der Waals surface area contributed by atoms with Crippen molar-refractivity contribution in [3.05, 3.63) is 47.8 Å². The Kier molecular flexibility index (Phi) is 2.40. The second-order valence-electron chi connectivity index (χ2n) is 4.34. The molecule has 2 atom stereocenters. The van der Waals surface area contributed by atoms with Gasteiger partial charge in [0.15, 0.2) is 5.13 Å². The molecule has 1 aliphatic carbocycles. The van der Waals surface area contributed by atoms with Crippen molar-refractivity contribution in [2.75, 3.05) is 0 Å². The number of hydrogen-bond donors (Lipinski definition) is 1. The molecule has 3 rings (SSSR count). The lowest BCUT2D eigenvalue weighted by Gasteiger charge is -1.97. The molecular weight excluding hydrogens is 241 g/mol. The normalized spacial score (nSPS) is 27.1. The maximum absolute atomic E-state index is 13.3. The smallest absolute Gasteiger partial charge is 0.194 e. The maximum atomic E-state index is 13.3. The third-order valence-electron chi connectivity index (χ3n) is 2.95. The first-order valence-corrected chi connectivity index (χ1v) is 5.83. The van der Waals surface area contributed by atoms with E-state index in [-0.39, 0.29) is 5.92 Å². The first kappa shape index (κ1) is 10.7. The monoisotopic (exact) mass is 251 g/mol. The van der Waals surface area contributed by atoms with E-state index in [0.717, 1.165) is 17.7 Å². The minimum absolute atomic E-state index is 0.282. The number of aromatic nitrogens is 3. The maximum Gasteiger partial charge on any atom is 0.194 e. The standard InChI is InChI=1S/C12H11ClFN3/c13-12(14)6-10(12)11-16-7-9(17-11)5-8-1-3-15-4-2-8/h1-4,7,10H,5-6H2,(H,16,17)/t10-,12+/m0/s1. The first-order valence-electron chi connectivity index (χ1n) is 5.46. The molecule has 0 aromatic carbocycles. The van der Waals surface area contributed by atoms with E-state index in [4.69, 9.17) is 11.6 Å². The Balaban J connectivity index is 1.74. The number of imidazole rings is 1. The number of aromatic amines is 1. The summed E-state index contributed by atoms with van der Waals surface area (Å²) < 4.78 is 13.3. The van der Waals surface area contributed by atoms with Crippen LogP contribution in [0.1, 0.15) is 29.4 Å². The Bertz CT molecular complexity index is 524. The van der Waals surface area contributed by atoms with Gasteiger partial charge >= 0.3 is 0 Å². The van der Waals surface area contributed by atoms with Crippen molar-refractivity contribution in [2.45, 2.75) is 23.9 Å². The predicted octanol–water partition coefficient (Wildman–Crippen LogP) is 2.79. The zero-order valence-corrected chi connectivity index (χ0v) is 9.78. The van der Waals surface area contributed by atoms with Gasteiger partial charge in [-0.15, -0.1) is 0 Å². The van der Waals surface area contributed by atoms with Crippen molar-refractivity contribution >= 4 is 11.6 Å². The van der Waals surface area contributed by atoms with Crippen LogP contribution in [0.2, 0.25) is 0 Å². The molecule has 1 aliphatic rings. The summed E-state index contributed by atoms with van der Waals surface area (Å²) >= 11 is 5.58. The fourth-order valence-electron chi connectivity index (χ4n) is 1.87. The Morgan fingerprint density at radius 3 is 2.82 bits per heavy atom. The van der Waals surface area contributed by atoms with Crippen LogP contribution < -0.4 is 0 Å². The Hall–Kier alpha value is -1.42. The number of H-pyrrole nitrogens is 1. The summed E-state index contributed by atoms with van der Waals surface area (Å²) in [6.07, 6.45) is 6.32. The zero-order valence-electron chi connectivity index (χ0n) is 9.03. The van der Waals surface area contributed by atoms with Gasteiger partial charge in [0.05, 0.1) is 5.92 Å². The van der Waals surface area contributed by atoms with E-state index < -0.39 is 5.13 Å². The van der Waals surface area contributed by atoms with Crippen LogP contribution in [0.4, 0.5) is 4.39 Å². The SMILES string of the molecule is F[C@]1(Cl)C[C@H]1c1ncc(Cc2ccncc2)[nH]1. The van der Waals surface area contributed by atoms with Gasteiger partial charge in [0, 0.05) is 37.1 Å². The van der Waals surface area contributed by atoms with Gasteiger partial charge in [-0.2, -0.15) is 0 Å². The Morgan fingerprint density at radius 2 is 2.18 bits per heavy atom. The number of rotatable bonds is 3. The lowest BCUT2D eigenvalue weighted by atomic mass is 10.2. The van der Waals surface area contributed by atoms with Crippen LogP contribution in [0.3, 0.4) is 0 Å². The average molecular weight is 252 g/mol. The largest absolute Gasteiger partial charge is 0.345 e. The first-order chi connectivity index (χ1) is 8.15. The quantitative estimate of drug-likeness (QED) is 0.853. The van der Waals surface area contributed by atoms with Crippen LogP contribution in [0.25, 0.3) is 0 Å². The van der Waals surface area contributed by atoms with Crippen LogP contribution in [0.5, 0.6) is 0 Å². The lowest BCUT2D eigenvalue weighted by molar-refractivity contribution is 0.414. The molecule has 5 heteroatoms. The van der Waals surface area contributed by atoms with E-state index >= 15 is 0 Å². The molecule has 2 aromatic rings. The number of halogens is 2. The van der Waals surface area contributed by atoms with Gasteiger partial charge in [0.1, 0.15) is 5.82 Å². The van der Waals surface area contributed by atoms with Crippen molar-refractivity contribution in [2.24, 2.45) is 0 Å². The molecule has 1 saturated carbocycles. The van der Waals surface area contributed by atoms with Gasteiger partial charge in [0.2, 0.25) is 0 Å². The summed E-state index contributed by atoms with van der Waals surface area (Å²) in [4.78, 5) is 11.3. The molecule has 0 spiro atoms. The van der Waals surface area contributed by atoms with Crippen LogP contribution in [0.15, 0.2) is 30.7 Å². The van der Waals surface area contributed by atoms with E-state index in [1.54, 1.807) is 18.6 Å². The molecule has 0 bridgehead atoms. The molecule has 88 valence electrons. The number of hydrogen-bond acceptors (Lipinski definition) is 2. The zero-order chi connectivity index (χ0) is 11.9. The predicted molar refractivity (Wildman–Crippen MR) is 62.7 cm³/mol. The molecule has 3 nitrogen and oxygen atoms in total. The molecule has 0 radical (unpaired) electrons. The third kappa shape index (κ3) is 2.17. The number of nitrogens with one attached hydrogen (secondary N) is 1. The van der Waals surface area contributed by atoms with Crippen molar-refractivity contribution in [3.8, 4) is 0 Å². The molecule has 2 heterocycles. The molecular formula is C12H11ClFN3. The molecule has 1 N–H and O–H groups in total. The van der Waals surface area contributed by atoms with Crippen LogP contribution in [-0.4, -0.2) is 20.1 Å². The van der Waals surface area contributed by atoms with Gasteiger partial charge in [-0.3, -0.25) is 4.98 Å². The average Bonchev–Trinajstić information content (AvgIpc) is 2.74. The van der Waals surface area contributed by atoms with Crippen molar-refractivity contribution in [1.29, 1.82) is 0 Å². The summed E-state index contributed by atoms with van der Waals surface area (Å²) in [5.41, 5.74) is 2.11. The molecule has 17 heavy (non-hydrogen) atoms. The van der Waals surface area contributed by atoms with Gasteiger partial charge in [-0.25, -0.2) is 9.37 Å². The highest BCUT2D eigenvalue weighted by molar-refractivity contribution is 6.25. The van der Waals surface area contributed by atoms with Gasteiger partial charge in [-0.05, 0) is 17.7 Å². The van der Waals surface area contributed by atoms with Crippen LogP contribution in [-0.2, 0) is 6.42 Å². The second-order valence-corrected chi connectivity index (χ2v) is 4.97. The minimum Gasteiger partial charge on any atom is -0.345 e. The molecule has 0 aliphatic heterocycles. The second kappa shape index (κ2) is 3.81.